The zero-order valence-electron chi connectivity index (χ0n) is 10.7. The second-order valence-electron chi connectivity index (χ2n) is 4.27. The molecular weight excluding hydrogens is 260 g/mol. The molecule has 0 fully saturated rings. The molecule has 0 unspecified atom stereocenters. The van der Waals surface area contributed by atoms with E-state index in [-0.39, 0.29) is 0 Å². The van der Waals surface area contributed by atoms with E-state index < -0.39 is 10.0 Å². The maximum atomic E-state index is 12.0. The number of benzene rings is 1. The van der Waals surface area contributed by atoms with E-state index in [1.54, 1.807) is 36.5 Å². The highest BCUT2D eigenvalue weighted by Gasteiger charge is 2.11. The van der Waals surface area contributed by atoms with Crippen molar-refractivity contribution in [1.82, 2.24) is 9.71 Å². The lowest BCUT2D eigenvalue weighted by Crippen LogP contribution is -2.25. The van der Waals surface area contributed by atoms with Crippen molar-refractivity contribution in [2.45, 2.75) is 18.2 Å². The molecule has 0 radical (unpaired) electrons. The summed E-state index contributed by atoms with van der Waals surface area (Å²) >= 11 is 0. The predicted octanol–water partition coefficient (Wildman–Crippen LogP) is 1.91. The molecule has 0 aliphatic heterocycles. The normalized spacial score (nSPS) is 11.4. The number of hydrogen-bond acceptors (Lipinski definition) is 3. The number of nitrogens with zero attached hydrogens (tertiary/aromatic N) is 1. The number of hydrogen-bond donors (Lipinski definition) is 1. The number of aromatic nitrogens is 1. The first-order valence-corrected chi connectivity index (χ1v) is 7.52. The van der Waals surface area contributed by atoms with E-state index in [1.807, 2.05) is 19.1 Å². The molecule has 100 valence electrons. The van der Waals surface area contributed by atoms with Crippen LogP contribution in [0.15, 0.2) is 53.6 Å². The van der Waals surface area contributed by atoms with Gasteiger partial charge in [0.1, 0.15) is 0 Å². The zero-order valence-corrected chi connectivity index (χ0v) is 11.5. The van der Waals surface area contributed by atoms with Gasteiger partial charge in [0.2, 0.25) is 10.0 Å². The number of aryl methyl sites for hydroxylation is 1. The number of sulfonamides is 1. The average Bonchev–Trinajstić information content (AvgIpc) is 2.40. The Hall–Kier alpha value is -1.72. The Kier molecular flexibility index (Phi) is 4.29. The lowest BCUT2D eigenvalue weighted by molar-refractivity contribution is 0.581. The molecule has 0 saturated heterocycles. The van der Waals surface area contributed by atoms with Gasteiger partial charge < -0.3 is 0 Å². The third kappa shape index (κ3) is 3.87. The molecule has 0 saturated carbocycles. The fourth-order valence-corrected chi connectivity index (χ4v) is 2.83. The molecule has 0 spiro atoms. The Morgan fingerprint density at radius 2 is 1.89 bits per heavy atom. The third-order valence-corrected chi connectivity index (χ3v) is 4.20. The van der Waals surface area contributed by atoms with E-state index in [0.29, 0.717) is 17.9 Å². The standard InChI is InChI=1S/C14H16N2O2S/c1-12-11-13(7-9-15-12)8-10-16-19(17,18)14-5-3-2-4-6-14/h2-7,9,11,16H,8,10H2,1H3. The molecule has 1 aromatic carbocycles. The fourth-order valence-electron chi connectivity index (χ4n) is 1.77. The van der Waals surface area contributed by atoms with Gasteiger partial charge in [0.25, 0.3) is 0 Å². The van der Waals surface area contributed by atoms with Gasteiger partial charge in [-0.2, -0.15) is 0 Å². The first-order chi connectivity index (χ1) is 9.08. The van der Waals surface area contributed by atoms with Gasteiger partial charge in [0.15, 0.2) is 0 Å². The maximum absolute atomic E-state index is 12.0. The van der Waals surface area contributed by atoms with Crippen LogP contribution in [0.5, 0.6) is 0 Å². The molecule has 0 bridgehead atoms. The Labute approximate surface area is 113 Å². The van der Waals surface area contributed by atoms with Crippen molar-refractivity contribution < 1.29 is 8.42 Å². The first-order valence-electron chi connectivity index (χ1n) is 6.04. The van der Waals surface area contributed by atoms with Gasteiger partial charge in [-0.3, -0.25) is 4.98 Å². The minimum atomic E-state index is -3.41. The summed E-state index contributed by atoms with van der Waals surface area (Å²) in [7, 11) is -3.41. The summed E-state index contributed by atoms with van der Waals surface area (Å²) in [4.78, 5) is 4.40. The molecule has 1 heterocycles. The van der Waals surface area contributed by atoms with Crippen LogP contribution in [0.1, 0.15) is 11.3 Å². The summed E-state index contributed by atoms with van der Waals surface area (Å²) < 4.78 is 26.5. The number of rotatable bonds is 5. The lowest BCUT2D eigenvalue weighted by Gasteiger charge is -2.06. The fraction of sp³-hybridized carbons (Fsp3) is 0.214. The van der Waals surface area contributed by atoms with Crippen molar-refractivity contribution in [2.24, 2.45) is 0 Å². The first kappa shape index (κ1) is 13.7. The van der Waals surface area contributed by atoms with Crippen LogP contribution >= 0.6 is 0 Å². The minimum Gasteiger partial charge on any atom is -0.262 e. The minimum absolute atomic E-state index is 0.293. The maximum Gasteiger partial charge on any atom is 0.240 e. The van der Waals surface area contributed by atoms with Crippen molar-refractivity contribution in [3.63, 3.8) is 0 Å². The van der Waals surface area contributed by atoms with Gasteiger partial charge in [-0.1, -0.05) is 18.2 Å². The van der Waals surface area contributed by atoms with Gasteiger partial charge in [-0.25, -0.2) is 13.1 Å². The van der Waals surface area contributed by atoms with Crippen molar-refractivity contribution >= 4 is 10.0 Å². The Morgan fingerprint density at radius 3 is 2.58 bits per heavy atom. The second kappa shape index (κ2) is 5.95. The van der Waals surface area contributed by atoms with E-state index in [0.717, 1.165) is 11.3 Å². The molecule has 2 rings (SSSR count). The molecule has 0 amide bonds. The molecule has 2 aromatic rings. The Balaban J connectivity index is 1.96. The molecule has 19 heavy (non-hydrogen) atoms. The monoisotopic (exact) mass is 276 g/mol. The molecule has 5 heteroatoms. The molecule has 1 aromatic heterocycles. The van der Waals surface area contributed by atoms with Crippen LogP contribution in [-0.2, 0) is 16.4 Å². The van der Waals surface area contributed by atoms with Gasteiger partial charge in [-0.05, 0) is 43.2 Å². The Morgan fingerprint density at radius 1 is 1.16 bits per heavy atom. The third-order valence-electron chi connectivity index (χ3n) is 2.72. The van der Waals surface area contributed by atoms with Crippen LogP contribution in [0.3, 0.4) is 0 Å². The molecule has 0 atom stereocenters. The summed E-state index contributed by atoms with van der Waals surface area (Å²) in [5.41, 5.74) is 2.01. The summed E-state index contributed by atoms with van der Waals surface area (Å²) in [6.45, 7) is 2.29. The van der Waals surface area contributed by atoms with Crippen LogP contribution in [0.25, 0.3) is 0 Å². The van der Waals surface area contributed by atoms with Crippen molar-refractivity contribution in [3.05, 3.63) is 59.9 Å². The summed E-state index contributed by atoms with van der Waals surface area (Å²) in [5.74, 6) is 0. The average molecular weight is 276 g/mol. The van der Waals surface area contributed by atoms with Gasteiger partial charge in [-0.15, -0.1) is 0 Å². The molecule has 0 aliphatic rings. The van der Waals surface area contributed by atoms with Gasteiger partial charge >= 0.3 is 0 Å². The highest BCUT2D eigenvalue weighted by molar-refractivity contribution is 7.89. The second-order valence-corrected chi connectivity index (χ2v) is 6.03. The van der Waals surface area contributed by atoms with Gasteiger partial charge in [0.05, 0.1) is 4.90 Å². The quantitative estimate of drug-likeness (QED) is 0.907. The van der Waals surface area contributed by atoms with E-state index in [4.69, 9.17) is 0 Å². The molecule has 4 nitrogen and oxygen atoms in total. The summed E-state index contributed by atoms with van der Waals surface area (Å²) in [6, 6.07) is 12.2. The smallest absolute Gasteiger partial charge is 0.240 e. The van der Waals surface area contributed by atoms with Crippen LogP contribution in [0.4, 0.5) is 0 Å². The van der Waals surface area contributed by atoms with E-state index in [1.165, 1.54) is 0 Å². The highest BCUT2D eigenvalue weighted by Crippen LogP contribution is 2.07. The molecular formula is C14H16N2O2S. The van der Waals surface area contributed by atoms with E-state index >= 15 is 0 Å². The Bertz CT molecular complexity index is 640. The molecule has 0 aliphatic carbocycles. The van der Waals surface area contributed by atoms with Crippen LogP contribution in [0, 0.1) is 6.92 Å². The van der Waals surface area contributed by atoms with E-state index in [2.05, 4.69) is 9.71 Å². The summed E-state index contributed by atoms with van der Waals surface area (Å²) in [6.07, 6.45) is 2.38. The van der Waals surface area contributed by atoms with Crippen LogP contribution < -0.4 is 4.72 Å². The summed E-state index contributed by atoms with van der Waals surface area (Å²) in [5, 5.41) is 0. The number of pyridine rings is 1. The predicted molar refractivity (Wildman–Crippen MR) is 74.3 cm³/mol. The van der Waals surface area contributed by atoms with Gasteiger partial charge in [0, 0.05) is 18.4 Å². The topological polar surface area (TPSA) is 59.1 Å². The SMILES string of the molecule is Cc1cc(CCNS(=O)(=O)c2ccccc2)ccn1. The van der Waals surface area contributed by atoms with E-state index in [9.17, 15) is 8.42 Å². The van der Waals surface area contributed by atoms with Crippen molar-refractivity contribution in [3.8, 4) is 0 Å². The van der Waals surface area contributed by atoms with Crippen LogP contribution in [0.2, 0.25) is 0 Å². The zero-order chi connectivity index (χ0) is 13.7. The van der Waals surface area contributed by atoms with Crippen molar-refractivity contribution in [2.75, 3.05) is 6.54 Å². The van der Waals surface area contributed by atoms with Crippen molar-refractivity contribution in [1.29, 1.82) is 0 Å². The largest absolute Gasteiger partial charge is 0.262 e. The number of nitrogens with one attached hydrogen (secondary N) is 1. The lowest BCUT2D eigenvalue weighted by atomic mass is 10.2. The molecule has 1 N–H and O–H groups in total. The highest BCUT2D eigenvalue weighted by atomic mass is 32.2. The van der Waals surface area contributed by atoms with Crippen LogP contribution in [-0.4, -0.2) is 19.9 Å².